The molecule has 0 aliphatic carbocycles. The van der Waals surface area contributed by atoms with Crippen LogP contribution in [0.1, 0.15) is 35.7 Å². The summed E-state index contributed by atoms with van der Waals surface area (Å²) < 4.78 is 0. The van der Waals surface area contributed by atoms with Crippen LogP contribution in [0.5, 0.6) is 0 Å². The SMILES string of the molecule is C=CC(=O)N(C)c1ccc(C(=O)Nc2cccc(NC(=O)CCC)c2C)cc1. The molecule has 0 aliphatic heterocycles. The van der Waals surface area contributed by atoms with Gasteiger partial charge in [-0.25, -0.2) is 0 Å². The van der Waals surface area contributed by atoms with E-state index in [0.29, 0.717) is 29.0 Å². The summed E-state index contributed by atoms with van der Waals surface area (Å²) in [5.74, 6) is -0.554. The fourth-order valence-corrected chi connectivity index (χ4v) is 2.64. The van der Waals surface area contributed by atoms with Crippen LogP contribution >= 0.6 is 0 Å². The minimum Gasteiger partial charge on any atom is -0.326 e. The van der Waals surface area contributed by atoms with Crippen molar-refractivity contribution in [3.05, 3.63) is 66.2 Å². The Balaban J connectivity index is 2.13. The lowest BCUT2D eigenvalue weighted by Gasteiger charge is -2.16. The van der Waals surface area contributed by atoms with E-state index in [1.807, 2.05) is 13.8 Å². The number of hydrogen-bond acceptors (Lipinski definition) is 3. The quantitative estimate of drug-likeness (QED) is 0.710. The van der Waals surface area contributed by atoms with Crippen LogP contribution in [0, 0.1) is 6.92 Å². The minimum absolute atomic E-state index is 0.0529. The van der Waals surface area contributed by atoms with Gasteiger partial charge in [-0.3, -0.25) is 14.4 Å². The summed E-state index contributed by atoms with van der Waals surface area (Å²) in [7, 11) is 1.64. The van der Waals surface area contributed by atoms with Crippen LogP contribution in [0.3, 0.4) is 0 Å². The third-order valence-electron chi connectivity index (χ3n) is 4.36. The van der Waals surface area contributed by atoms with Crippen molar-refractivity contribution in [2.45, 2.75) is 26.7 Å². The maximum atomic E-state index is 12.6. The van der Waals surface area contributed by atoms with Crippen molar-refractivity contribution in [3.8, 4) is 0 Å². The van der Waals surface area contributed by atoms with Crippen molar-refractivity contribution < 1.29 is 14.4 Å². The molecule has 0 aromatic heterocycles. The van der Waals surface area contributed by atoms with E-state index in [0.717, 1.165) is 12.0 Å². The average molecular weight is 379 g/mol. The number of nitrogens with one attached hydrogen (secondary N) is 2. The molecule has 2 aromatic carbocycles. The summed E-state index contributed by atoms with van der Waals surface area (Å²) in [5.41, 5.74) is 3.22. The Morgan fingerprint density at radius 3 is 2.21 bits per heavy atom. The molecular weight excluding hydrogens is 354 g/mol. The number of anilines is 3. The number of amides is 3. The molecule has 2 N–H and O–H groups in total. The first-order valence-electron chi connectivity index (χ1n) is 9.08. The molecule has 2 aromatic rings. The van der Waals surface area contributed by atoms with E-state index in [1.165, 1.54) is 11.0 Å². The van der Waals surface area contributed by atoms with E-state index in [4.69, 9.17) is 0 Å². The zero-order valence-corrected chi connectivity index (χ0v) is 16.4. The fourth-order valence-electron chi connectivity index (χ4n) is 2.64. The van der Waals surface area contributed by atoms with Gasteiger partial charge in [-0.05, 0) is 61.4 Å². The summed E-state index contributed by atoms with van der Waals surface area (Å²) in [6.45, 7) is 7.25. The molecule has 0 heterocycles. The smallest absolute Gasteiger partial charge is 0.255 e. The molecule has 28 heavy (non-hydrogen) atoms. The second-order valence-corrected chi connectivity index (χ2v) is 6.38. The highest BCUT2D eigenvalue weighted by Crippen LogP contribution is 2.24. The van der Waals surface area contributed by atoms with Crippen LogP contribution in [0.25, 0.3) is 0 Å². The Hall–Kier alpha value is -3.41. The molecule has 6 nitrogen and oxygen atoms in total. The molecule has 6 heteroatoms. The molecule has 3 amide bonds. The second kappa shape index (κ2) is 9.50. The Labute approximate surface area is 165 Å². The molecular formula is C22H25N3O3. The van der Waals surface area contributed by atoms with Gasteiger partial charge < -0.3 is 15.5 Å². The third-order valence-corrected chi connectivity index (χ3v) is 4.36. The van der Waals surface area contributed by atoms with Crippen molar-refractivity contribution in [2.75, 3.05) is 22.6 Å². The zero-order chi connectivity index (χ0) is 20.7. The molecule has 0 saturated carbocycles. The van der Waals surface area contributed by atoms with Gasteiger partial charge in [0.25, 0.3) is 5.91 Å². The molecule has 146 valence electrons. The van der Waals surface area contributed by atoms with Gasteiger partial charge in [-0.1, -0.05) is 19.6 Å². The van der Waals surface area contributed by atoms with Crippen LogP contribution in [0.2, 0.25) is 0 Å². The molecule has 0 unspecified atom stereocenters. The van der Waals surface area contributed by atoms with Crippen LogP contribution in [0.4, 0.5) is 17.1 Å². The zero-order valence-electron chi connectivity index (χ0n) is 16.4. The van der Waals surface area contributed by atoms with E-state index in [9.17, 15) is 14.4 Å². The molecule has 0 radical (unpaired) electrons. The van der Waals surface area contributed by atoms with Gasteiger partial charge in [0.15, 0.2) is 0 Å². The van der Waals surface area contributed by atoms with Gasteiger partial charge in [0.05, 0.1) is 0 Å². The normalized spacial score (nSPS) is 10.1. The van der Waals surface area contributed by atoms with Gasteiger partial charge in [0, 0.05) is 36.1 Å². The third kappa shape index (κ3) is 5.07. The predicted molar refractivity (Wildman–Crippen MR) is 113 cm³/mol. The average Bonchev–Trinajstić information content (AvgIpc) is 2.70. The Morgan fingerprint density at radius 1 is 1.04 bits per heavy atom. The first-order chi connectivity index (χ1) is 13.4. The van der Waals surface area contributed by atoms with Crippen molar-refractivity contribution in [1.82, 2.24) is 0 Å². The molecule has 0 spiro atoms. The van der Waals surface area contributed by atoms with E-state index >= 15 is 0 Å². The van der Waals surface area contributed by atoms with E-state index in [-0.39, 0.29) is 17.7 Å². The summed E-state index contributed by atoms with van der Waals surface area (Å²) in [5, 5.41) is 5.73. The second-order valence-electron chi connectivity index (χ2n) is 6.38. The molecule has 2 rings (SSSR count). The highest BCUT2D eigenvalue weighted by atomic mass is 16.2. The van der Waals surface area contributed by atoms with Crippen molar-refractivity contribution in [1.29, 1.82) is 0 Å². The van der Waals surface area contributed by atoms with Gasteiger partial charge in [-0.2, -0.15) is 0 Å². The molecule has 0 fully saturated rings. The number of carbonyl (C=O) groups is 3. The van der Waals surface area contributed by atoms with Crippen LogP contribution in [0.15, 0.2) is 55.1 Å². The molecule has 0 aliphatic rings. The summed E-state index contributed by atoms with van der Waals surface area (Å²) in [6.07, 6.45) is 2.45. The van der Waals surface area contributed by atoms with Crippen LogP contribution in [-0.2, 0) is 9.59 Å². The first-order valence-corrected chi connectivity index (χ1v) is 9.08. The maximum Gasteiger partial charge on any atom is 0.255 e. The van der Waals surface area contributed by atoms with Gasteiger partial charge >= 0.3 is 0 Å². The Morgan fingerprint density at radius 2 is 1.64 bits per heavy atom. The van der Waals surface area contributed by atoms with Crippen molar-refractivity contribution in [3.63, 3.8) is 0 Å². The van der Waals surface area contributed by atoms with E-state index in [2.05, 4.69) is 17.2 Å². The van der Waals surface area contributed by atoms with Gasteiger partial charge in [0.1, 0.15) is 0 Å². The monoisotopic (exact) mass is 379 g/mol. The predicted octanol–water partition coefficient (Wildman–Crippen LogP) is 4.13. The lowest BCUT2D eigenvalue weighted by molar-refractivity contribution is -0.116. The van der Waals surface area contributed by atoms with Crippen LogP contribution in [-0.4, -0.2) is 24.8 Å². The van der Waals surface area contributed by atoms with Gasteiger partial charge in [-0.15, -0.1) is 0 Å². The topological polar surface area (TPSA) is 78.5 Å². The first kappa shape index (κ1) is 20.9. The number of likely N-dealkylation sites (N-methyl/N-ethyl adjacent to an activating group) is 1. The van der Waals surface area contributed by atoms with E-state index in [1.54, 1.807) is 49.5 Å². The summed E-state index contributed by atoms with van der Waals surface area (Å²) in [4.78, 5) is 37.5. The minimum atomic E-state index is -0.274. The number of hydrogen-bond donors (Lipinski definition) is 2. The summed E-state index contributed by atoms with van der Waals surface area (Å²) in [6, 6.07) is 12.1. The molecule has 0 atom stereocenters. The standard InChI is InChI=1S/C22H25N3O3/c1-5-8-20(26)23-18-9-7-10-19(15(18)3)24-22(28)16-11-13-17(14-12-16)25(4)21(27)6-2/h6-7,9-14H,2,5,8H2,1,3-4H3,(H,23,26)(H,24,28). The number of carbonyl (C=O) groups excluding carboxylic acids is 3. The number of benzene rings is 2. The van der Waals surface area contributed by atoms with Gasteiger partial charge in [0.2, 0.25) is 11.8 Å². The largest absolute Gasteiger partial charge is 0.326 e. The summed E-state index contributed by atoms with van der Waals surface area (Å²) >= 11 is 0. The Kier molecular flexibility index (Phi) is 7.09. The highest BCUT2D eigenvalue weighted by Gasteiger charge is 2.12. The Bertz CT molecular complexity index is 888. The molecule has 0 bridgehead atoms. The maximum absolute atomic E-state index is 12.6. The molecule has 0 saturated heterocycles. The van der Waals surface area contributed by atoms with E-state index < -0.39 is 0 Å². The number of rotatable bonds is 7. The van der Waals surface area contributed by atoms with Crippen LogP contribution < -0.4 is 15.5 Å². The number of nitrogens with zero attached hydrogens (tertiary/aromatic N) is 1. The lowest BCUT2D eigenvalue weighted by atomic mass is 10.1. The fraction of sp³-hybridized carbons (Fsp3) is 0.227. The highest BCUT2D eigenvalue weighted by molar-refractivity contribution is 6.06. The van der Waals surface area contributed by atoms with Crippen molar-refractivity contribution >= 4 is 34.8 Å². The lowest BCUT2D eigenvalue weighted by Crippen LogP contribution is -2.23. The van der Waals surface area contributed by atoms with Crippen molar-refractivity contribution in [2.24, 2.45) is 0 Å².